The number of fused-ring (bicyclic) bond motifs is 1. The van der Waals surface area contributed by atoms with Gasteiger partial charge in [0.25, 0.3) is 5.91 Å². The van der Waals surface area contributed by atoms with Gasteiger partial charge in [-0.05, 0) is 49.7 Å². The van der Waals surface area contributed by atoms with E-state index in [-0.39, 0.29) is 47.8 Å². The molecule has 5 aromatic rings. The summed E-state index contributed by atoms with van der Waals surface area (Å²) in [5, 5.41) is 19.7. The SMILES string of the molecule is CC(C)(c1n[nH]c(CNC(=O)c2cc(C34CC(c5ccc(CN6CCN(c7cnc8c(N9CCC(=O)NC9=O)cnn8c7)CC6)cc5)(C3)C4)no2)n1)C(F)(F)F. The third-order valence-electron chi connectivity index (χ3n) is 11.9. The molecule has 0 atom stereocenters. The second-order valence-electron chi connectivity index (χ2n) is 15.9. The zero-order chi connectivity index (χ0) is 39.0. The summed E-state index contributed by atoms with van der Waals surface area (Å²) in [7, 11) is 0. The number of aromatic amines is 1. The molecule has 5 fully saturated rings. The minimum absolute atomic E-state index is 0.0361. The van der Waals surface area contributed by atoms with Gasteiger partial charge in [-0.2, -0.15) is 23.4 Å². The summed E-state index contributed by atoms with van der Waals surface area (Å²) in [5.74, 6) is -1.09. The normalized spacial score (nSPS) is 22.9. The standard InChI is InChI=1S/C37H39F3N12O4/c1-34(2,37(38,39)40)32-44-28(46-47-32)16-42-31(54)26-13-27(48-56-26)36-19-35(20-36,21-36)23-5-3-22(4-6-23)17-49-9-11-50(12-10-49)24-14-41-30-25(15-43-52(30)18-24)51-8-7-29(53)45-33(51)55/h3-6,13-15,18H,7-12,16-17,19-21H2,1-2H3,(H,42,54)(H,44,46,47)(H,45,53,55). The van der Waals surface area contributed by atoms with Gasteiger partial charge < -0.3 is 14.7 Å². The number of imide groups is 1. The average molecular weight is 773 g/mol. The van der Waals surface area contributed by atoms with Crippen molar-refractivity contribution in [3.05, 3.63) is 83.2 Å². The van der Waals surface area contributed by atoms with Gasteiger partial charge in [0, 0.05) is 57.2 Å². The molecule has 2 saturated heterocycles. The van der Waals surface area contributed by atoms with Crippen molar-refractivity contribution < 1.29 is 32.1 Å². The monoisotopic (exact) mass is 772 g/mol. The van der Waals surface area contributed by atoms with Gasteiger partial charge in [-0.15, -0.1) is 0 Å². The van der Waals surface area contributed by atoms with Crippen LogP contribution in [0.25, 0.3) is 5.65 Å². The number of nitrogens with one attached hydrogen (secondary N) is 3. The smallest absolute Gasteiger partial charge is 0.366 e. The number of urea groups is 1. The molecule has 5 aliphatic rings. The van der Waals surface area contributed by atoms with Gasteiger partial charge in [-0.3, -0.25) is 29.8 Å². The van der Waals surface area contributed by atoms with Gasteiger partial charge in [0.2, 0.25) is 11.7 Å². The van der Waals surface area contributed by atoms with Crippen molar-refractivity contribution in [2.45, 2.75) is 75.0 Å². The molecule has 16 nitrogen and oxygen atoms in total. The van der Waals surface area contributed by atoms with E-state index in [2.05, 4.69) is 75.1 Å². The Balaban J connectivity index is 0.745. The largest absolute Gasteiger partial charge is 0.401 e. The van der Waals surface area contributed by atoms with Crippen LogP contribution in [0.1, 0.15) is 78.6 Å². The van der Waals surface area contributed by atoms with Crippen LogP contribution in [0, 0.1) is 0 Å². The number of rotatable bonds is 10. The molecule has 4 aromatic heterocycles. The van der Waals surface area contributed by atoms with Gasteiger partial charge in [0.05, 0.1) is 36.5 Å². The molecule has 3 saturated carbocycles. The lowest BCUT2D eigenvalue weighted by atomic mass is 9.32. The van der Waals surface area contributed by atoms with Crippen LogP contribution in [0.15, 0.2) is 53.4 Å². The molecule has 4 amide bonds. The maximum atomic E-state index is 13.3. The Kier molecular flexibility index (Phi) is 8.22. The predicted molar refractivity (Wildman–Crippen MR) is 193 cm³/mol. The van der Waals surface area contributed by atoms with Crippen LogP contribution in [-0.4, -0.2) is 96.6 Å². The molecule has 1 aromatic carbocycles. The number of alkyl halides is 3. The number of nitrogens with zero attached hydrogens (tertiary/aromatic N) is 9. The fraction of sp³-hybridized carbons (Fsp3) is 0.459. The third-order valence-corrected chi connectivity index (χ3v) is 11.9. The van der Waals surface area contributed by atoms with Crippen molar-refractivity contribution in [3.63, 3.8) is 0 Å². The second kappa shape index (κ2) is 12.9. The Morgan fingerprint density at radius 3 is 2.46 bits per heavy atom. The average Bonchev–Trinajstić information content (AvgIpc) is 3.91. The fourth-order valence-corrected chi connectivity index (χ4v) is 8.42. The van der Waals surface area contributed by atoms with Crippen LogP contribution < -0.4 is 20.4 Å². The summed E-state index contributed by atoms with van der Waals surface area (Å²) < 4.78 is 47.1. The highest BCUT2D eigenvalue weighted by atomic mass is 19.4. The quantitative estimate of drug-likeness (QED) is 0.188. The summed E-state index contributed by atoms with van der Waals surface area (Å²) in [6, 6.07) is 10.1. The topological polar surface area (TPSA) is 183 Å². The van der Waals surface area contributed by atoms with Crippen molar-refractivity contribution in [1.29, 1.82) is 0 Å². The van der Waals surface area contributed by atoms with Crippen LogP contribution in [0.2, 0.25) is 0 Å². The molecule has 10 rings (SSSR count). The first-order chi connectivity index (χ1) is 26.7. The molecule has 2 aliphatic heterocycles. The molecular formula is C37H39F3N12O4. The molecule has 3 N–H and O–H groups in total. The molecule has 2 bridgehead atoms. The van der Waals surface area contributed by atoms with E-state index in [0.29, 0.717) is 11.3 Å². The van der Waals surface area contributed by atoms with Gasteiger partial charge >= 0.3 is 12.2 Å². The van der Waals surface area contributed by atoms with E-state index >= 15 is 0 Å². The molecule has 0 unspecified atom stereocenters. The summed E-state index contributed by atoms with van der Waals surface area (Å²) in [6.45, 7) is 6.42. The summed E-state index contributed by atoms with van der Waals surface area (Å²) in [4.78, 5) is 51.4. The van der Waals surface area contributed by atoms with E-state index in [1.165, 1.54) is 16.0 Å². The first-order valence-electron chi connectivity index (χ1n) is 18.5. The third kappa shape index (κ3) is 6.04. The Labute approximate surface area is 317 Å². The van der Waals surface area contributed by atoms with Crippen LogP contribution in [0.4, 0.5) is 29.3 Å². The Morgan fingerprint density at radius 1 is 1.00 bits per heavy atom. The van der Waals surface area contributed by atoms with Gasteiger partial charge in [0.1, 0.15) is 16.9 Å². The van der Waals surface area contributed by atoms with Crippen molar-refractivity contribution in [1.82, 2.24) is 50.5 Å². The Morgan fingerprint density at radius 2 is 1.75 bits per heavy atom. The minimum atomic E-state index is -4.52. The maximum absolute atomic E-state index is 13.3. The zero-order valence-electron chi connectivity index (χ0n) is 30.7. The maximum Gasteiger partial charge on any atom is 0.401 e. The Hall–Kier alpha value is -5.85. The predicted octanol–water partition coefficient (Wildman–Crippen LogP) is 3.75. The number of H-pyrrole nitrogens is 1. The van der Waals surface area contributed by atoms with E-state index < -0.39 is 29.4 Å². The van der Waals surface area contributed by atoms with Gasteiger partial charge in [0.15, 0.2) is 11.5 Å². The van der Waals surface area contributed by atoms with E-state index in [0.717, 1.165) is 77.2 Å². The van der Waals surface area contributed by atoms with Crippen LogP contribution in [0.5, 0.6) is 0 Å². The van der Waals surface area contributed by atoms with Crippen LogP contribution in [0.3, 0.4) is 0 Å². The molecule has 56 heavy (non-hydrogen) atoms. The summed E-state index contributed by atoms with van der Waals surface area (Å²) in [5.41, 5.74) is 3.08. The summed E-state index contributed by atoms with van der Waals surface area (Å²) >= 11 is 0. The number of carbonyl (C=O) groups is 3. The van der Waals surface area contributed by atoms with Crippen LogP contribution in [-0.2, 0) is 34.1 Å². The molecule has 19 heteroatoms. The molecule has 3 aliphatic carbocycles. The highest BCUT2D eigenvalue weighted by Crippen LogP contribution is 2.73. The first-order valence-corrected chi connectivity index (χ1v) is 18.5. The first kappa shape index (κ1) is 35.8. The molecule has 0 radical (unpaired) electrons. The molecule has 292 valence electrons. The number of piperazine rings is 1. The minimum Gasteiger partial charge on any atom is -0.366 e. The highest BCUT2D eigenvalue weighted by Gasteiger charge is 2.70. The van der Waals surface area contributed by atoms with Crippen molar-refractivity contribution in [2.75, 3.05) is 42.5 Å². The zero-order valence-corrected chi connectivity index (χ0v) is 30.7. The lowest BCUT2D eigenvalue weighted by Gasteiger charge is -2.70. The van der Waals surface area contributed by atoms with Gasteiger partial charge in [-0.25, -0.2) is 19.3 Å². The van der Waals surface area contributed by atoms with Crippen LogP contribution >= 0.6 is 0 Å². The van der Waals surface area contributed by atoms with E-state index in [9.17, 15) is 27.6 Å². The molecule has 0 spiro atoms. The lowest BCUT2D eigenvalue weighted by Crippen LogP contribution is -2.67. The lowest BCUT2D eigenvalue weighted by molar-refractivity contribution is -0.182. The Bertz CT molecular complexity index is 2320. The molecular weight excluding hydrogens is 733 g/mol. The van der Waals surface area contributed by atoms with Crippen molar-refractivity contribution >= 4 is 34.9 Å². The van der Waals surface area contributed by atoms with Gasteiger partial charge in [-0.1, -0.05) is 29.4 Å². The number of hydrogen-bond acceptors (Lipinski definition) is 11. The van der Waals surface area contributed by atoms with Crippen molar-refractivity contribution in [2.24, 2.45) is 0 Å². The number of carbonyl (C=O) groups excluding carboxylic acids is 3. The van der Waals surface area contributed by atoms with E-state index in [1.807, 2.05) is 12.4 Å². The number of benzene rings is 1. The van der Waals surface area contributed by atoms with E-state index in [4.69, 9.17) is 4.52 Å². The highest BCUT2D eigenvalue weighted by molar-refractivity contribution is 6.07. The number of halogens is 3. The fourth-order valence-electron chi connectivity index (χ4n) is 8.42. The number of hydrogen-bond donors (Lipinski definition) is 3. The number of anilines is 2. The van der Waals surface area contributed by atoms with Crippen molar-refractivity contribution in [3.8, 4) is 0 Å². The number of amides is 4. The second-order valence-corrected chi connectivity index (χ2v) is 15.9. The van der Waals surface area contributed by atoms with E-state index in [1.54, 1.807) is 16.8 Å². The summed E-state index contributed by atoms with van der Waals surface area (Å²) in [6.07, 6.45) is 3.79. The molecule has 6 heterocycles. The number of aromatic nitrogens is 7.